The normalized spacial score (nSPS) is 14.5. The zero-order valence-electron chi connectivity index (χ0n) is 18.4. The summed E-state index contributed by atoms with van der Waals surface area (Å²) < 4.78 is 12.2. The Morgan fingerprint density at radius 3 is 2.73 bits per heavy atom. The van der Waals surface area contributed by atoms with Crippen LogP contribution in [0.3, 0.4) is 0 Å². The number of ether oxygens (including phenoxy) is 2. The fourth-order valence-electron chi connectivity index (χ4n) is 3.43. The fraction of sp³-hybridized carbons (Fsp3) is 0.348. The summed E-state index contributed by atoms with van der Waals surface area (Å²) in [6.45, 7) is 4.98. The Morgan fingerprint density at radius 2 is 1.94 bits per heavy atom. The van der Waals surface area contributed by atoms with Crippen LogP contribution in [0.15, 0.2) is 59.7 Å². The maximum Gasteiger partial charge on any atom is 0.267 e. The molecule has 172 valence electrons. The van der Waals surface area contributed by atoms with Crippen LogP contribution < -0.4 is 20.5 Å². The molecule has 0 aliphatic carbocycles. The van der Waals surface area contributed by atoms with Gasteiger partial charge in [-0.3, -0.25) is 9.59 Å². The predicted octanol–water partition coefficient (Wildman–Crippen LogP) is 1.29. The standard InChI is InChI=1S/C23H26N6O4/c1-17(29-22(30)8-7-19(27-29)18-5-3-2-4-6-18)23(31)24-9-12-33-21-15-20(25-16-26-21)28-10-13-32-14-11-28/h2-8,15-17H,9-14H2,1H3,(H,24,31). The van der Waals surface area contributed by atoms with Crippen LogP contribution in [0.1, 0.15) is 13.0 Å². The van der Waals surface area contributed by atoms with Crippen molar-refractivity contribution in [1.29, 1.82) is 0 Å². The van der Waals surface area contributed by atoms with Crippen molar-refractivity contribution in [3.05, 3.63) is 65.2 Å². The van der Waals surface area contributed by atoms with Gasteiger partial charge in [0.2, 0.25) is 11.8 Å². The fourth-order valence-corrected chi connectivity index (χ4v) is 3.43. The highest BCUT2D eigenvalue weighted by atomic mass is 16.5. The van der Waals surface area contributed by atoms with Crippen molar-refractivity contribution in [3.8, 4) is 17.1 Å². The summed E-state index contributed by atoms with van der Waals surface area (Å²) in [6.07, 6.45) is 1.46. The molecule has 1 unspecified atom stereocenters. The van der Waals surface area contributed by atoms with E-state index in [-0.39, 0.29) is 24.6 Å². The number of nitrogens with one attached hydrogen (secondary N) is 1. The first kappa shape index (κ1) is 22.4. The monoisotopic (exact) mass is 450 g/mol. The van der Waals surface area contributed by atoms with Gasteiger partial charge >= 0.3 is 0 Å². The second-order valence-corrected chi connectivity index (χ2v) is 7.50. The second-order valence-electron chi connectivity index (χ2n) is 7.50. The molecule has 33 heavy (non-hydrogen) atoms. The van der Waals surface area contributed by atoms with Crippen LogP contribution in [-0.4, -0.2) is 65.1 Å². The summed E-state index contributed by atoms with van der Waals surface area (Å²) >= 11 is 0. The molecule has 10 nitrogen and oxygen atoms in total. The summed E-state index contributed by atoms with van der Waals surface area (Å²) in [5.41, 5.74) is 1.15. The molecule has 0 radical (unpaired) electrons. The molecule has 1 N–H and O–H groups in total. The Hall–Kier alpha value is -3.79. The zero-order chi connectivity index (χ0) is 23.0. The van der Waals surface area contributed by atoms with Crippen LogP contribution in [0, 0.1) is 0 Å². The number of morpholine rings is 1. The molecule has 1 fully saturated rings. The van der Waals surface area contributed by atoms with E-state index in [1.165, 1.54) is 17.1 Å². The number of hydrogen-bond acceptors (Lipinski definition) is 8. The molecule has 3 aromatic rings. The molecule has 1 aliphatic rings. The summed E-state index contributed by atoms with van der Waals surface area (Å²) in [5.74, 6) is 0.891. The molecule has 1 atom stereocenters. The maximum atomic E-state index is 12.6. The highest BCUT2D eigenvalue weighted by molar-refractivity contribution is 5.79. The van der Waals surface area contributed by atoms with Crippen LogP contribution in [0.5, 0.6) is 5.88 Å². The largest absolute Gasteiger partial charge is 0.476 e. The van der Waals surface area contributed by atoms with Crippen LogP contribution in [0.2, 0.25) is 0 Å². The molecule has 0 saturated carbocycles. The number of hydrogen-bond donors (Lipinski definition) is 1. The number of benzene rings is 1. The number of amides is 1. The van der Waals surface area contributed by atoms with Crippen molar-refractivity contribution in [2.45, 2.75) is 13.0 Å². The lowest BCUT2D eigenvalue weighted by Gasteiger charge is -2.27. The molecular formula is C23H26N6O4. The minimum absolute atomic E-state index is 0.227. The first-order valence-electron chi connectivity index (χ1n) is 10.8. The van der Waals surface area contributed by atoms with Crippen molar-refractivity contribution in [2.24, 2.45) is 0 Å². The van der Waals surface area contributed by atoms with Crippen LogP contribution >= 0.6 is 0 Å². The third-order valence-electron chi connectivity index (χ3n) is 5.25. The molecule has 1 saturated heterocycles. The van der Waals surface area contributed by atoms with Crippen molar-refractivity contribution >= 4 is 11.7 Å². The third-order valence-corrected chi connectivity index (χ3v) is 5.25. The zero-order valence-corrected chi connectivity index (χ0v) is 18.4. The van der Waals surface area contributed by atoms with E-state index >= 15 is 0 Å². The average Bonchev–Trinajstić information content (AvgIpc) is 2.87. The Kier molecular flexibility index (Phi) is 7.26. The molecule has 0 bridgehead atoms. The molecule has 1 amide bonds. The Morgan fingerprint density at radius 1 is 1.15 bits per heavy atom. The third kappa shape index (κ3) is 5.72. The molecule has 10 heteroatoms. The lowest BCUT2D eigenvalue weighted by molar-refractivity contribution is -0.124. The Labute approximate surface area is 191 Å². The van der Waals surface area contributed by atoms with Gasteiger partial charge in [-0.05, 0) is 13.0 Å². The van der Waals surface area contributed by atoms with Crippen molar-refractivity contribution in [3.63, 3.8) is 0 Å². The van der Waals surface area contributed by atoms with E-state index in [1.54, 1.807) is 19.1 Å². The number of carbonyl (C=O) groups is 1. The average molecular weight is 450 g/mol. The van der Waals surface area contributed by atoms with Crippen LogP contribution in [-0.2, 0) is 9.53 Å². The molecule has 2 aromatic heterocycles. The van der Waals surface area contributed by atoms with Gasteiger partial charge in [0.05, 0.1) is 25.5 Å². The van der Waals surface area contributed by atoms with Gasteiger partial charge in [0.1, 0.15) is 24.8 Å². The van der Waals surface area contributed by atoms with Crippen molar-refractivity contribution in [2.75, 3.05) is 44.4 Å². The SMILES string of the molecule is CC(C(=O)NCCOc1cc(N2CCOCC2)ncn1)n1nc(-c2ccccc2)ccc1=O. The minimum atomic E-state index is -0.770. The summed E-state index contributed by atoms with van der Waals surface area (Å²) in [6, 6.07) is 13.6. The van der Waals surface area contributed by atoms with Crippen molar-refractivity contribution in [1.82, 2.24) is 25.1 Å². The van der Waals surface area contributed by atoms with Gasteiger partial charge in [0, 0.05) is 30.8 Å². The molecule has 0 spiro atoms. The summed E-state index contributed by atoms with van der Waals surface area (Å²) in [5, 5.41) is 7.16. The van der Waals surface area contributed by atoms with Gasteiger partial charge in [0.25, 0.3) is 5.56 Å². The second kappa shape index (κ2) is 10.7. The van der Waals surface area contributed by atoms with Gasteiger partial charge in [-0.25, -0.2) is 14.6 Å². The van der Waals surface area contributed by atoms with E-state index in [9.17, 15) is 9.59 Å². The Bertz CT molecular complexity index is 1130. The van der Waals surface area contributed by atoms with E-state index in [4.69, 9.17) is 9.47 Å². The molecule has 1 aliphatic heterocycles. The lowest BCUT2D eigenvalue weighted by Crippen LogP contribution is -2.38. The van der Waals surface area contributed by atoms with Crippen molar-refractivity contribution < 1.29 is 14.3 Å². The first-order valence-corrected chi connectivity index (χ1v) is 10.8. The smallest absolute Gasteiger partial charge is 0.267 e. The van der Waals surface area contributed by atoms with E-state index < -0.39 is 6.04 Å². The summed E-state index contributed by atoms with van der Waals surface area (Å²) in [7, 11) is 0. The van der Waals surface area contributed by atoms with Gasteiger partial charge in [-0.1, -0.05) is 30.3 Å². The number of aromatic nitrogens is 4. The quantitative estimate of drug-likeness (QED) is 0.511. The number of rotatable bonds is 8. The number of carbonyl (C=O) groups excluding carboxylic acids is 1. The highest BCUT2D eigenvalue weighted by Gasteiger charge is 2.18. The topological polar surface area (TPSA) is 111 Å². The summed E-state index contributed by atoms with van der Waals surface area (Å²) in [4.78, 5) is 35.4. The van der Waals surface area contributed by atoms with Gasteiger partial charge in [-0.15, -0.1) is 0 Å². The maximum absolute atomic E-state index is 12.6. The van der Waals surface area contributed by atoms with Gasteiger partial charge in [0.15, 0.2) is 0 Å². The highest BCUT2D eigenvalue weighted by Crippen LogP contribution is 2.17. The van der Waals surface area contributed by atoms with E-state index in [0.717, 1.165) is 24.5 Å². The van der Waals surface area contributed by atoms with Gasteiger partial charge < -0.3 is 19.7 Å². The van der Waals surface area contributed by atoms with Gasteiger partial charge in [-0.2, -0.15) is 5.10 Å². The number of anilines is 1. The first-order chi connectivity index (χ1) is 16.1. The number of nitrogens with zero attached hydrogens (tertiary/aromatic N) is 5. The Balaban J connectivity index is 1.31. The van der Waals surface area contributed by atoms with Crippen LogP contribution in [0.25, 0.3) is 11.3 Å². The van der Waals surface area contributed by atoms with E-state index in [2.05, 4.69) is 25.3 Å². The predicted molar refractivity (Wildman–Crippen MR) is 122 cm³/mol. The van der Waals surface area contributed by atoms with E-state index in [0.29, 0.717) is 24.8 Å². The molecule has 1 aromatic carbocycles. The lowest BCUT2D eigenvalue weighted by atomic mass is 10.1. The molecular weight excluding hydrogens is 424 g/mol. The molecule has 4 rings (SSSR count). The minimum Gasteiger partial charge on any atom is -0.476 e. The molecule has 3 heterocycles. The van der Waals surface area contributed by atoms with E-state index in [1.807, 2.05) is 30.3 Å². The van der Waals surface area contributed by atoms with Crippen LogP contribution in [0.4, 0.5) is 5.82 Å².